The van der Waals surface area contributed by atoms with Crippen molar-refractivity contribution in [1.82, 2.24) is 10.6 Å². The summed E-state index contributed by atoms with van der Waals surface area (Å²) in [5.74, 6) is 0.371. The summed E-state index contributed by atoms with van der Waals surface area (Å²) in [6, 6.07) is 14.2. The van der Waals surface area contributed by atoms with Gasteiger partial charge in [-0.1, -0.05) is 12.1 Å². The van der Waals surface area contributed by atoms with Crippen LogP contribution in [0.15, 0.2) is 48.5 Å². The highest BCUT2D eigenvalue weighted by atomic mass is 127. The summed E-state index contributed by atoms with van der Waals surface area (Å²) in [6.07, 6.45) is 0. The Hall–Kier alpha value is -2.09. The number of hydrogen-bond donors (Lipinski definition) is 2. The van der Waals surface area contributed by atoms with Crippen LogP contribution in [0.25, 0.3) is 0 Å². The van der Waals surface area contributed by atoms with Gasteiger partial charge in [-0.15, -0.1) is 0 Å². The topological polar surface area (TPSA) is 67.4 Å². The molecule has 0 atom stereocenters. The molecule has 0 spiro atoms. The molecule has 2 amide bonds. The minimum atomic E-state index is -0.184. The van der Waals surface area contributed by atoms with E-state index in [2.05, 4.69) is 33.2 Å². The van der Waals surface area contributed by atoms with Crippen LogP contribution in [0.2, 0.25) is 0 Å². The van der Waals surface area contributed by atoms with Gasteiger partial charge in [0, 0.05) is 22.2 Å². The van der Waals surface area contributed by atoms with Crippen molar-refractivity contribution < 1.29 is 14.3 Å². The van der Waals surface area contributed by atoms with Crippen molar-refractivity contribution in [2.75, 3.05) is 20.2 Å². The molecule has 0 bridgehead atoms. The minimum absolute atomic E-state index is 0.145. The third-order valence-electron chi connectivity index (χ3n) is 3.17. The van der Waals surface area contributed by atoms with Crippen LogP contribution in [-0.2, 0) is 0 Å². The Kier molecular flexibility index (Phi) is 6.40. The summed E-state index contributed by atoms with van der Waals surface area (Å²) in [4.78, 5) is 24.0. The Morgan fingerprint density at radius 2 is 1.57 bits per heavy atom. The largest absolute Gasteiger partial charge is 0.497 e. The highest BCUT2D eigenvalue weighted by molar-refractivity contribution is 14.1. The maximum Gasteiger partial charge on any atom is 0.252 e. The molecule has 0 saturated heterocycles. The smallest absolute Gasteiger partial charge is 0.252 e. The molecule has 2 N–H and O–H groups in total. The van der Waals surface area contributed by atoms with Gasteiger partial charge in [-0.2, -0.15) is 0 Å². The molecule has 0 aliphatic rings. The normalized spacial score (nSPS) is 10.0. The van der Waals surface area contributed by atoms with E-state index in [0.29, 0.717) is 30.0 Å². The Morgan fingerprint density at radius 1 is 0.957 bits per heavy atom. The van der Waals surface area contributed by atoms with E-state index >= 15 is 0 Å². The van der Waals surface area contributed by atoms with Gasteiger partial charge in [0.05, 0.1) is 12.7 Å². The first kappa shape index (κ1) is 17.3. The first-order chi connectivity index (χ1) is 11.1. The van der Waals surface area contributed by atoms with E-state index in [9.17, 15) is 9.59 Å². The fraction of sp³-hybridized carbons (Fsp3) is 0.176. The number of ether oxygens (including phenoxy) is 1. The minimum Gasteiger partial charge on any atom is -0.497 e. The summed E-state index contributed by atoms with van der Waals surface area (Å²) < 4.78 is 5.94. The van der Waals surface area contributed by atoms with Crippen molar-refractivity contribution in [3.8, 4) is 5.75 Å². The van der Waals surface area contributed by atoms with E-state index < -0.39 is 0 Å². The molecule has 0 fully saturated rings. The Bertz CT molecular complexity index is 686. The summed E-state index contributed by atoms with van der Waals surface area (Å²) >= 11 is 2.12. The number of amides is 2. The summed E-state index contributed by atoms with van der Waals surface area (Å²) in [6.45, 7) is 0.728. The predicted molar refractivity (Wildman–Crippen MR) is 96.8 cm³/mol. The van der Waals surface area contributed by atoms with E-state index in [-0.39, 0.29) is 11.8 Å². The lowest BCUT2D eigenvalue weighted by molar-refractivity contribution is 0.0927. The van der Waals surface area contributed by atoms with E-state index in [0.717, 1.165) is 3.57 Å². The molecule has 6 heteroatoms. The fourth-order valence-electron chi connectivity index (χ4n) is 1.94. The number of rotatable bonds is 6. The van der Waals surface area contributed by atoms with Gasteiger partial charge >= 0.3 is 0 Å². The second-order valence-electron chi connectivity index (χ2n) is 4.72. The number of benzene rings is 2. The molecular weight excluding hydrogens is 407 g/mol. The molecule has 2 aromatic carbocycles. The van der Waals surface area contributed by atoms with Gasteiger partial charge in [0.2, 0.25) is 0 Å². The number of nitrogens with one attached hydrogen (secondary N) is 2. The molecule has 0 radical (unpaired) electrons. The third-order valence-corrected chi connectivity index (χ3v) is 4.11. The van der Waals surface area contributed by atoms with Crippen LogP contribution in [0.5, 0.6) is 5.75 Å². The van der Waals surface area contributed by atoms with Crippen molar-refractivity contribution in [1.29, 1.82) is 0 Å². The van der Waals surface area contributed by atoms with Gasteiger partial charge < -0.3 is 15.4 Å². The first-order valence-corrected chi connectivity index (χ1v) is 8.14. The van der Waals surface area contributed by atoms with Crippen LogP contribution in [0.3, 0.4) is 0 Å². The van der Waals surface area contributed by atoms with Crippen molar-refractivity contribution in [3.63, 3.8) is 0 Å². The molecule has 0 saturated carbocycles. The zero-order valence-corrected chi connectivity index (χ0v) is 14.8. The molecule has 0 unspecified atom stereocenters. The van der Waals surface area contributed by atoms with Crippen molar-refractivity contribution in [2.24, 2.45) is 0 Å². The second kappa shape index (κ2) is 8.52. The Balaban J connectivity index is 1.77. The van der Waals surface area contributed by atoms with Crippen molar-refractivity contribution >= 4 is 34.4 Å². The predicted octanol–water partition coefficient (Wildman–Crippen LogP) is 2.46. The highest BCUT2D eigenvalue weighted by Crippen LogP contribution is 2.11. The average Bonchev–Trinajstić information content (AvgIpc) is 2.58. The van der Waals surface area contributed by atoms with Crippen LogP contribution in [0, 0.1) is 3.57 Å². The van der Waals surface area contributed by atoms with E-state index in [1.807, 2.05) is 18.2 Å². The van der Waals surface area contributed by atoms with Crippen LogP contribution < -0.4 is 15.4 Å². The zero-order chi connectivity index (χ0) is 16.7. The molecule has 23 heavy (non-hydrogen) atoms. The SMILES string of the molecule is COc1ccc(C(=O)NCCNC(=O)c2ccccc2I)cc1. The molecule has 0 aliphatic heterocycles. The zero-order valence-electron chi connectivity index (χ0n) is 12.6. The molecule has 120 valence electrons. The lowest BCUT2D eigenvalue weighted by Gasteiger charge is -2.08. The molecular formula is C17H17IN2O3. The van der Waals surface area contributed by atoms with E-state index in [4.69, 9.17) is 4.74 Å². The van der Waals surface area contributed by atoms with Crippen molar-refractivity contribution in [3.05, 3.63) is 63.2 Å². The Morgan fingerprint density at radius 3 is 2.17 bits per heavy atom. The van der Waals surface area contributed by atoms with Crippen LogP contribution in [0.1, 0.15) is 20.7 Å². The molecule has 0 aliphatic carbocycles. The van der Waals surface area contributed by atoms with Gasteiger partial charge in [-0.3, -0.25) is 9.59 Å². The standard InChI is InChI=1S/C17H17IN2O3/c1-23-13-8-6-12(7-9-13)16(21)19-10-11-20-17(22)14-4-2-3-5-15(14)18/h2-9H,10-11H2,1H3,(H,19,21)(H,20,22). The molecule has 2 rings (SSSR count). The maximum atomic E-state index is 12.0. The van der Waals surface area contributed by atoms with Gasteiger partial charge in [0.15, 0.2) is 0 Å². The van der Waals surface area contributed by atoms with Crippen LogP contribution >= 0.6 is 22.6 Å². The molecule has 0 heterocycles. The fourth-order valence-corrected chi connectivity index (χ4v) is 2.57. The lowest BCUT2D eigenvalue weighted by Crippen LogP contribution is -2.34. The number of carbonyl (C=O) groups excluding carboxylic acids is 2. The Labute approximate surface area is 148 Å². The number of methoxy groups -OCH3 is 1. The quantitative estimate of drug-likeness (QED) is 0.553. The van der Waals surface area contributed by atoms with E-state index in [1.165, 1.54) is 0 Å². The van der Waals surface area contributed by atoms with Gasteiger partial charge in [-0.05, 0) is 59.0 Å². The van der Waals surface area contributed by atoms with E-state index in [1.54, 1.807) is 37.4 Å². The summed E-state index contributed by atoms with van der Waals surface area (Å²) in [5.41, 5.74) is 1.18. The monoisotopic (exact) mass is 424 g/mol. The van der Waals surface area contributed by atoms with Crippen molar-refractivity contribution in [2.45, 2.75) is 0 Å². The highest BCUT2D eigenvalue weighted by Gasteiger charge is 2.09. The maximum absolute atomic E-state index is 12.0. The number of hydrogen-bond acceptors (Lipinski definition) is 3. The lowest BCUT2D eigenvalue weighted by atomic mass is 10.2. The van der Waals surface area contributed by atoms with Crippen LogP contribution in [-0.4, -0.2) is 32.0 Å². The number of carbonyl (C=O) groups is 2. The summed E-state index contributed by atoms with van der Waals surface area (Å²) in [7, 11) is 1.58. The number of halogens is 1. The van der Waals surface area contributed by atoms with Gasteiger partial charge in [0.25, 0.3) is 11.8 Å². The van der Waals surface area contributed by atoms with Crippen LogP contribution in [0.4, 0.5) is 0 Å². The molecule has 5 nitrogen and oxygen atoms in total. The molecule has 2 aromatic rings. The summed E-state index contributed by atoms with van der Waals surface area (Å²) in [5, 5.41) is 5.55. The average molecular weight is 424 g/mol. The van der Waals surface area contributed by atoms with Gasteiger partial charge in [0.1, 0.15) is 5.75 Å². The third kappa shape index (κ3) is 4.95. The molecule has 0 aromatic heterocycles. The first-order valence-electron chi connectivity index (χ1n) is 7.07. The van der Waals surface area contributed by atoms with Gasteiger partial charge in [-0.25, -0.2) is 0 Å². The second-order valence-corrected chi connectivity index (χ2v) is 5.88.